The predicted octanol–water partition coefficient (Wildman–Crippen LogP) is 2.06. The van der Waals surface area contributed by atoms with Crippen molar-refractivity contribution in [1.82, 2.24) is 9.29 Å². The van der Waals surface area contributed by atoms with Gasteiger partial charge in [0.25, 0.3) is 0 Å². The lowest BCUT2D eigenvalue weighted by molar-refractivity contribution is 0.281. The van der Waals surface area contributed by atoms with Crippen molar-refractivity contribution in [2.24, 2.45) is 0 Å². The number of halogens is 1. The number of hydrogen-bond donors (Lipinski definition) is 2. The van der Waals surface area contributed by atoms with E-state index in [-0.39, 0.29) is 11.5 Å². The van der Waals surface area contributed by atoms with Gasteiger partial charge in [0.2, 0.25) is 10.0 Å². The lowest BCUT2D eigenvalue weighted by Crippen LogP contribution is -2.29. The Bertz CT molecular complexity index is 552. The molecule has 0 aliphatic heterocycles. The monoisotopic (exact) mass is 379 g/mol. The molecule has 0 aliphatic carbocycles. The largest absolute Gasteiger partial charge is 0.396 e. The van der Waals surface area contributed by atoms with Gasteiger partial charge in [-0.25, -0.2) is 17.7 Å². The Hall–Kier alpha value is -0.700. The molecule has 0 saturated heterocycles. The number of aliphatic hydroxyl groups is 1. The van der Waals surface area contributed by atoms with Crippen LogP contribution in [0.5, 0.6) is 0 Å². The Morgan fingerprint density at radius 2 is 2.10 bits per heavy atom. The minimum Gasteiger partial charge on any atom is -0.396 e. The van der Waals surface area contributed by atoms with E-state index in [2.05, 4.69) is 26.2 Å². The molecule has 0 aliphatic rings. The number of nitrogens with one attached hydrogen (secondary N) is 1. The van der Waals surface area contributed by atoms with E-state index >= 15 is 0 Å². The Balaban J connectivity index is 2.93. The first kappa shape index (κ1) is 18.3. The first-order chi connectivity index (χ1) is 9.93. The summed E-state index contributed by atoms with van der Waals surface area (Å²) in [6.07, 6.45) is 3.77. The number of aliphatic hydroxyl groups excluding tert-OH is 1. The Labute approximate surface area is 134 Å². The standard InChI is InChI=1S/C13H22BrN3O3S/c1-3-15-13-12(9-11(14)10-16-13)21(19,20)17(2)7-5-4-6-8-18/h9-10,18H,3-8H2,1-2H3,(H,15,16). The lowest BCUT2D eigenvalue weighted by atomic mass is 10.2. The maximum Gasteiger partial charge on any atom is 0.246 e. The summed E-state index contributed by atoms with van der Waals surface area (Å²) in [4.78, 5) is 4.30. The fourth-order valence-corrected chi connectivity index (χ4v) is 3.66. The summed E-state index contributed by atoms with van der Waals surface area (Å²) in [7, 11) is -2.03. The molecule has 0 atom stereocenters. The van der Waals surface area contributed by atoms with Gasteiger partial charge >= 0.3 is 0 Å². The second kappa shape index (κ2) is 8.67. The zero-order valence-electron chi connectivity index (χ0n) is 12.3. The molecule has 1 rings (SSSR count). The summed E-state index contributed by atoms with van der Waals surface area (Å²) in [5.74, 6) is 0.364. The second-order valence-corrected chi connectivity index (χ2v) is 7.57. The third-order valence-corrected chi connectivity index (χ3v) is 5.29. The van der Waals surface area contributed by atoms with Gasteiger partial charge in [0.1, 0.15) is 10.7 Å². The van der Waals surface area contributed by atoms with Crippen molar-refractivity contribution in [2.75, 3.05) is 32.1 Å². The maximum absolute atomic E-state index is 12.6. The summed E-state index contributed by atoms with van der Waals surface area (Å²) in [5, 5.41) is 11.7. The molecule has 0 aromatic carbocycles. The van der Waals surface area contributed by atoms with Crippen molar-refractivity contribution in [3.8, 4) is 0 Å². The van der Waals surface area contributed by atoms with E-state index in [1.807, 2.05) is 6.92 Å². The highest BCUT2D eigenvalue weighted by molar-refractivity contribution is 9.10. The van der Waals surface area contributed by atoms with Gasteiger partial charge < -0.3 is 10.4 Å². The van der Waals surface area contributed by atoms with Crippen LogP contribution in [0.4, 0.5) is 5.82 Å². The minimum absolute atomic E-state index is 0.136. The summed E-state index contributed by atoms with van der Waals surface area (Å²) in [5.41, 5.74) is 0. The van der Waals surface area contributed by atoms with E-state index in [0.717, 1.165) is 6.42 Å². The topological polar surface area (TPSA) is 82.5 Å². The van der Waals surface area contributed by atoms with E-state index in [9.17, 15) is 8.42 Å². The van der Waals surface area contributed by atoms with Crippen molar-refractivity contribution in [3.05, 3.63) is 16.7 Å². The highest BCUT2D eigenvalue weighted by Gasteiger charge is 2.24. The van der Waals surface area contributed by atoms with Gasteiger partial charge in [-0.15, -0.1) is 0 Å². The molecule has 0 spiro atoms. The SMILES string of the molecule is CCNc1ncc(Br)cc1S(=O)(=O)N(C)CCCCCO. The van der Waals surface area contributed by atoms with Crippen LogP contribution in [0.2, 0.25) is 0 Å². The fourth-order valence-electron chi connectivity index (χ4n) is 1.83. The van der Waals surface area contributed by atoms with Crippen molar-refractivity contribution in [3.63, 3.8) is 0 Å². The smallest absolute Gasteiger partial charge is 0.246 e. The number of pyridine rings is 1. The van der Waals surface area contributed by atoms with E-state index in [1.54, 1.807) is 19.3 Å². The third kappa shape index (κ3) is 5.21. The van der Waals surface area contributed by atoms with Gasteiger partial charge in [-0.3, -0.25) is 0 Å². The molecule has 0 amide bonds. The van der Waals surface area contributed by atoms with Crippen molar-refractivity contribution >= 4 is 31.8 Å². The van der Waals surface area contributed by atoms with Crippen LogP contribution in [0.25, 0.3) is 0 Å². The van der Waals surface area contributed by atoms with E-state index in [1.165, 1.54) is 4.31 Å². The second-order valence-electron chi connectivity index (χ2n) is 4.64. The fraction of sp³-hybridized carbons (Fsp3) is 0.615. The molecule has 1 aromatic rings. The van der Waals surface area contributed by atoms with E-state index in [4.69, 9.17) is 5.11 Å². The molecule has 120 valence electrons. The van der Waals surface area contributed by atoms with Gasteiger partial charge in [0.15, 0.2) is 0 Å². The highest BCUT2D eigenvalue weighted by Crippen LogP contribution is 2.25. The average molecular weight is 380 g/mol. The quantitative estimate of drug-likeness (QED) is 0.641. The molecule has 0 bridgehead atoms. The number of hydrogen-bond acceptors (Lipinski definition) is 5. The van der Waals surface area contributed by atoms with Crippen LogP contribution in [0.15, 0.2) is 21.6 Å². The third-order valence-electron chi connectivity index (χ3n) is 2.98. The zero-order valence-corrected chi connectivity index (χ0v) is 14.7. The van der Waals surface area contributed by atoms with Crippen LogP contribution in [0.3, 0.4) is 0 Å². The zero-order chi connectivity index (χ0) is 15.9. The number of nitrogens with zero attached hydrogens (tertiary/aromatic N) is 2. The van der Waals surface area contributed by atoms with Crippen LogP contribution in [0.1, 0.15) is 26.2 Å². The Kier molecular flexibility index (Phi) is 7.58. The van der Waals surface area contributed by atoms with Crippen LogP contribution in [-0.4, -0.2) is 49.6 Å². The van der Waals surface area contributed by atoms with Gasteiger partial charge in [-0.2, -0.15) is 0 Å². The Morgan fingerprint density at radius 1 is 1.38 bits per heavy atom. The predicted molar refractivity (Wildman–Crippen MR) is 86.9 cm³/mol. The van der Waals surface area contributed by atoms with Crippen LogP contribution < -0.4 is 5.32 Å². The number of aromatic nitrogens is 1. The molecule has 0 radical (unpaired) electrons. The van der Waals surface area contributed by atoms with Crippen molar-refractivity contribution in [1.29, 1.82) is 0 Å². The molecule has 6 nitrogen and oxygen atoms in total. The average Bonchev–Trinajstić information content (AvgIpc) is 2.45. The molecule has 0 unspecified atom stereocenters. The van der Waals surface area contributed by atoms with Crippen molar-refractivity contribution in [2.45, 2.75) is 31.1 Å². The molecule has 21 heavy (non-hydrogen) atoms. The summed E-state index contributed by atoms with van der Waals surface area (Å²) >= 11 is 3.26. The summed E-state index contributed by atoms with van der Waals surface area (Å²) in [6.45, 7) is 3.03. The summed E-state index contributed by atoms with van der Waals surface area (Å²) < 4.78 is 27.2. The van der Waals surface area contributed by atoms with Gasteiger partial charge in [0.05, 0.1) is 0 Å². The number of sulfonamides is 1. The van der Waals surface area contributed by atoms with Gasteiger partial charge in [0, 0.05) is 37.4 Å². The normalized spacial score (nSPS) is 11.9. The van der Waals surface area contributed by atoms with Crippen LogP contribution in [0, 0.1) is 0 Å². The molecule has 1 heterocycles. The first-order valence-corrected chi connectivity index (χ1v) is 9.13. The van der Waals surface area contributed by atoms with E-state index in [0.29, 0.717) is 36.2 Å². The molecule has 0 fully saturated rings. The summed E-state index contributed by atoms with van der Waals surface area (Å²) in [6, 6.07) is 1.56. The lowest BCUT2D eigenvalue weighted by Gasteiger charge is -2.19. The highest BCUT2D eigenvalue weighted by atomic mass is 79.9. The number of anilines is 1. The maximum atomic E-state index is 12.6. The minimum atomic E-state index is -3.59. The molecular weight excluding hydrogens is 358 g/mol. The van der Waals surface area contributed by atoms with Crippen LogP contribution >= 0.6 is 15.9 Å². The molecule has 2 N–H and O–H groups in total. The number of unbranched alkanes of at least 4 members (excludes halogenated alkanes) is 2. The molecule has 1 aromatic heterocycles. The molecule has 0 saturated carbocycles. The van der Waals surface area contributed by atoms with Gasteiger partial charge in [-0.05, 0) is 48.2 Å². The molecular formula is C13H22BrN3O3S. The first-order valence-electron chi connectivity index (χ1n) is 6.90. The van der Waals surface area contributed by atoms with Crippen LogP contribution in [-0.2, 0) is 10.0 Å². The van der Waals surface area contributed by atoms with Crippen molar-refractivity contribution < 1.29 is 13.5 Å². The number of rotatable bonds is 9. The Morgan fingerprint density at radius 3 is 2.71 bits per heavy atom. The van der Waals surface area contributed by atoms with E-state index < -0.39 is 10.0 Å². The van der Waals surface area contributed by atoms with Gasteiger partial charge in [-0.1, -0.05) is 0 Å². The molecule has 8 heteroatoms.